The van der Waals surface area contributed by atoms with Gasteiger partial charge >= 0.3 is 0 Å². The van der Waals surface area contributed by atoms with Crippen LogP contribution in [0.3, 0.4) is 0 Å². The van der Waals surface area contributed by atoms with E-state index >= 15 is 0 Å². The number of nitrogens with zero attached hydrogens (tertiary/aromatic N) is 2. The van der Waals surface area contributed by atoms with Crippen LogP contribution < -0.4 is 16.0 Å². The fraction of sp³-hybridized carbons (Fsp3) is 0.611. The number of aromatic nitrogens is 1. The first-order valence-corrected chi connectivity index (χ1v) is 9.19. The van der Waals surface area contributed by atoms with Crippen LogP contribution in [-0.4, -0.2) is 62.4 Å². The maximum absolute atomic E-state index is 11.9. The number of pyridine rings is 1. The van der Waals surface area contributed by atoms with Crippen molar-refractivity contribution in [3.05, 3.63) is 24.5 Å². The number of anilines is 1. The number of rotatable bonds is 10. The topological polar surface area (TPSA) is 96.9 Å². The van der Waals surface area contributed by atoms with Gasteiger partial charge in [0.05, 0.1) is 24.6 Å². The van der Waals surface area contributed by atoms with Gasteiger partial charge in [0.1, 0.15) is 6.54 Å². The average Bonchev–Trinajstić information content (AvgIpc) is 3.16. The Labute approximate surface area is 177 Å². The van der Waals surface area contributed by atoms with E-state index in [-0.39, 0.29) is 42.5 Å². The lowest BCUT2D eigenvalue weighted by Gasteiger charge is -2.12. The second kappa shape index (κ2) is 14.6. The minimum absolute atomic E-state index is 0. The average molecular weight is 491 g/mol. The SMILES string of the molecule is CCNC(=NCC(=O)Nc1cccnc1)NCCCOCC1CCCO1.I. The first-order valence-electron chi connectivity index (χ1n) is 9.19. The van der Waals surface area contributed by atoms with Crippen LogP contribution in [-0.2, 0) is 14.3 Å². The second-order valence-corrected chi connectivity index (χ2v) is 5.98. The number of amides is 1. The van der Waals surface area contributed by atoms with Crippen molar-refractivity contribution in [2.75, 3.05) is 44.8 Å². The molecule has 1 aromatic heterocycles. The van der Waals surface area contributed by atoms with Gasteiger partial charge in [-0.05, 0) is 38.3 Å². The van der Waals surface area contributed by atoms with Crippen molar-refractivity contribution in [2.45, 2.75) is 32.3 Å². The molecule has 0 spiro atoms. The Bertz CT molecular complexity index is 553. The van der Waals surface area contributed by atoms with Gasteiger partial charge in [-0.1, -0.05) is 0 Å². The first-order chi connectivity index (χ1) is 12.8. The van der Waals surface area contributed by atoms with Crippen LogP contribution in [0.5, 0.6) is 0 Å². The molecule has 1 aliphatic heterocycles. The van der Waals surface area contributed by atoms with E-state index in [9.17, 15) is 4.79 Å². The molecule has 1 aromatic rings. The molecule has 0 aromatic carbocycles. The molecule has 152 valence electrons. The Balaban J connectivity index is 0.00000364. The van der Waals surface area contributed by atoms with Crippen molar-refractivity contribution >= 4 is 41.5 Å². The molecule has 0 saturated carbocycles. The molecule has 1 fully saturated rings. The van der Waals surface area contributed by atoms with Gasteiger partial charge in [-0.25, -0.2) is 4.99 Å². The summed E-state index contributed by atoms with van der Waals surface area (Å²) in [4.78, 5) is 20.2. The third-order valence-electron chi connectivity index (χ3n) is 3.76. The fourth-order valence-electron chi connectivity index (χ4n) is 2.50. The van der Waals surface area contributed by atoms with Crippen LogP contribution in [0.15, 0.2) is 29.5 Å². The van der Waals surface area contributed by atoms with Crippen molar-refractivity contribution < 1.29 is 14.3 Å². The van der Waals surface area contributed by atoms with E-state index in [1.807, 2.05) is 6.92 Å². The quantitative estimate of drug-likeness (QED) is 0.200. The van der Waals surface area contributed by atoms with Gasteiger partial charge in [0.15, 0.2) is 5.96 Å². The summed E-state index contributed by atoms with van der Waals surface area (Å²) >= 11 is 0. The summed E-state index contributed by atoms with van der Waals surface area (Å²) in [5.41, 5.74) is 0.661. The van der Waals surface area contributed by atoms with Gasteiger partial charge in [-0.15, -0.1) is 24.0 Å². The predicted octanol–water partition coefficient (Wildman–Crippen LogP) is 1.78. The van der Waals surface area contributed by atoms with Crippen LogP contribution in [0.4, 0.5) is 5.69 Å². The number of carbonyl (C=O) groups excluding carboxylic acids is 1. The molecule has 2 heterocycles. The zero-order valence-corrected chi connectivity index (χ0v) is 18.1. The molecular weight excluding hydrogens is 461 g/mol. The van der Waals surface area contributed by atoms with Crippen LogP contribution in [0, 0.1) is 0 Å². The van der Waals surface area contributed by atoms with Crippen molar-refractivity contribution in [2.24, 2.45) is 4.99 Å². The van der Waals surface area contributed by atoms with E-state index in [2.05, 4.69) is 25.9 Å². The number of hydrogen-bond acceptors (Lipinski definition) is 5. The minimum atomic E-state index is -0.185. The Hall–Kier alpha value is -1.46. The highest BCUT2D eigenvalue weighted by Crippen LogP contribution is 2.11. The van der Waals surface area contributed by atoms with Crippen molar-refractivity contribution in [1.82, 2.24) is 15.6 Å². The van der Waals surface area contributed by atoms with E-state index in [4.69, 9.17) is 9.47 Å². The highest BCUT2D eigenvalue weighted by molar-refractivity contribution is 14.0. The zero-order chi connectivity index (χ0) is 18.5. The smallest absolute Gasteiger partial charge is 0.246 e. The molecule has 27 heavy (non-hydrogen) atoms. The third kappa shape index (κ3) is 10.5. The Kier molecular flexibility index (Phi) is 12.7. The molecule has 0 radical (unpaired) electrons. The molecule has 0 bridgehead atoms. The standard InChI is InChI=1S/C18H29N5O3.HI/c1-2-20-18(21-9-5-10-25-14-16-7-4-11-26-16)22-13-17(24)23-15-6-3-8-19-12-15;/h3,6,8,12,16H,2,4-5,7,9-11,13-14H2,1H3,(H,23,24)(H2,20,21,22);1H. The van der Waals surface area contributed by atoms with Crippen LogP contribution >= 0.6 is 24.0 Å². The molecular formula is C18H30IN5O3. The van der Waals surface area contributed by atoms with Crippen molar-refractivity contribution in [3.63, 3.8) is 0 Å². The highest BCUT2D eigenvalue weighted by atomic mass is 127. The Morgan fingerprint density at radius 1 is 1.44 bits per heavy atom. The van der Waals surface area contributed by atoms with E-state index in [0.717, 1.165) is 39.0 Å². The van der Waals surface area contributed by atoms with Crippen LogP contribution in [0.25, 0.3) is 0 Å². The van der Waals surface area contributed by atoms with E-state index in [1.54, 1.807) is 24.5 Å². The summed E-state index contributed by atoms with van der Waals surface area (Å²) in [7, 11) is 0. The summed E-state index contributed by atoms with van der Waals surface area (Å²) in [5, 5.41) is 9.08. The lowest BCUT2D eigenvalue weighted by Crippen LogP contribution is -2.38. The van der Waals surface area contributed by atoms with Gasteiger partial charge in [0.2, 0.25) is 5.91 Å². The Morgan fingerprint density at radius 2 is 2.33 bits per heavy atom. The molecule has 9 heteroatoms. The lowest BCUT2D eigenvalue weighted by atomic mass is 10.2. The van der Waals surface area contributed by atoms with Gasteiger partial charge < -0.3 is 25.4 Å². The number of guanidine groups is 1. The summed E-state index contributed by atoms with van der Waals surface area (Å²) in [5.74, 6) is 0.433. The monoisotopic (exact) mass is 491 g/mol. The van der Waals surface area contributed by atoms with Gasteiger partial charge in [-0.3, -0.25) is 9.78 Å². The normalized spacial score (nSPS) is 16.5. The number of carbonyl (C=O) groups is 1. The van der Waals surface area contributed by atoms with Gasteiger partial charge in [0, 0.05) is 32.5 Å². The lowest BCUT2D eigenvalue weighted by molar-refractivity contribution is -0.114. The molecule has 0 aliphatic carbocycles. The first kappa shape index (κ1) is 23.6. The van der Waals surface area contributed by atoms with Crippen LogP contribution in [0.1, 0.15) is 26.2 Å². The summed E-state index contributed by atoms with van der Waals surface area (Å²) in [6.45, 7) is 5.67. The number of halogens is 1. The van der Waals surface area contributed by atoms with Crippen molar-refractivity contribution in [3.8, 4) is 0 Å². The largest absolute Gasteiger partial charge is 0.379 e. The number of hydrogen-bond donors (Lipinski definition) is 3. The fourth-order valence-corrected chi connectivity index (χ4v) is 2.50. The Morgan fingerprint density at radius 3 is 3.04 bits per heavy atom. The van der Waals surface area contributed by atoms with Gasteiger partial charge in [-0.2, -0.15) is 0 Å². The van der Waals surface area contributed by atoms with Crippen molar-refractivity contribution in [1.29, 1.82) is 0 Å². The third-order valence-corrected chi connectivity index (χ3v) is 3.76. The molecule has 1 saturated heterocycles. The number of aliphatic imine (C=N–C) groups is 1. The highest BCUT2D eigenvalue weighted by Gasteiger charge is 2.14. The number of nitrogens with one attached hydrogen (secondary N) is 3. The maximum atomic E-state index is 11.9. The molecule has 1 unspecified atom stereocenters. The zero-order valence-electron chi connectivity index (χ0n) is 15.8. The van der Waals surface area contributed by atoms with E-state index < -0.39 is 0 Å². The predicted molar refractivity (Wildman–Crippen MR) is 117 cm³/mol. The molecule has 3 N–H and O–H groups in total. The summed E-state index contributed by atoms with van der Waals surface area (Å²) in [6, 6.07) is 3.56. The maximum Gasteiger partial charge on any atom is 0.246 e. The molecule has 2 rings (SSSR count). The molecule has 1 aliphatic rings. The molecule has 8 nitrogen and oxygen atoms in total. The second-order valence-electron chi connectivity index (χ2n) is 5.98. The van der Waals surface area contributed by atoms with E-state index in [0.29, 0.717) is 24.9 Å². The van der Waals surface area contributed by atoms with Gasteiger partial charge in [0.25, 0.3) is 0 Å². The van der Waals surface area contributed by atoms with Crippen LogP contribution in [0.2, 0.25) is 0 Å². The summed E-state index contributed by atoms with van der Waals surface area (Å²) < 4.78 is 11.1. The number of ether oxygens (including phenoxy) is 2. The molecule has 1 amide bonds. The molecule has 1 atom stereocenters. The minimum Gasteiger partial charge on any atom is -0.379 e. The van der Waals surface area contributed by atoms with E-state index in [1.165, 1.54) is 0 Å². The summed E-state index contributed by atoms with van der Waals surface area (Å²) in [6.07, 6.45) is 6.61.